The van der Waals surface area contributed by atoms with Crippen molar-refractivity contribution < 1.29 is 4.74 Å². The second-order valence-electron chi connectivity index (χ2n) is 6.53. The molecule has 0 spiro atoms. The molecule has 2 aromatic carbocycles. The third kappa shape index (κ3) is 7.26. The van der Waals surface area contributed by atoms with Crippen molar-refractivity contribution >= 4 is 24.8 Å². The molecule has 5 heteroatoms. The smallest absolute Gasteiger partial charge is 0.0829 e. The molecule has 1 aliphatic heterocycles. The van der Waals surface area contributed by atoms with Crippen molar-refractivity contribution in [2.45, 2.75) is 26.1 Å². The predicted molar refractivity (Wildman–Crippen MR) is 113 cm³/mol. The number of likely N-dealkylation sites (N-methyl/N-ethyl adjacent to an activating group) is 1. The average Bonchev–Trinajstić information content (AvgIpc) is 2.63. The first kappa shape index (κ1) is 22.9. The summed E-state index contributed by atoms with van der Waals surface area (Å²) in [5, 5.41) is 0. The van der Waals surface area contributed by atoms with Crippen molar-refractivity contribution in [3.63, 3.8) is 0 Å². The van der Waals surface area contributed by atoms with Crippen LogP contribution in [0.4, 0.5) is 0 Å². The SMILES string of the molecule is CCN(Cc1ccccc1)CC1CN(Cc2ccccc2)CCO1.Cl.Cl. The van der Waals surface area contributed by atoms with Gasteiger partial charge >= 0.3 is 0 Å². The maximum absolute atomic E-state index is 6.03. The number of ether oxygens (including phenoxy) is 1. The third-order valence-electron chi connectivity index (χ3n) is 4.63. The van der Waals surface area contributed by atoms with E-state index in [-0.39, 0.29) is 24.8 Å². The van der Waals surface area contributed by atoms with Crippen LogP contribution >= 0.6 is 24.8 Å². The van der Waals surface area contributed by atoms with E-state index in [2.05, 4.69) is 77.4 Å². The van der Waals surface area contributed by atoms with Crippen LogP contribution in [0.25, 0.3) is 0 Å². The Balaban J connectivity index is 0.00000169. The Morgan fingerprint density at radius 3 is 2.19 bits per heavy atom. The second-order valence-corrected chi connectivity index (χ2v) is 6.53. The van der Waals surface area contributed by atoms with E-state index in [0.717, 1.165) is 45.9 Å². The first-order valence-electron chi connectivity index (χ1n) is 8.97. The van der Waals surface area contributed by atoms with Gasteiger partial charge in [-0.1, -0.05) is 67.6 Å². The highest BCUT2D eigenvalue weighted by Crippen LogP contribution is 2.13. The van der Waals surface area contributed by atoms with E-state index < -0.39 is 0 Å². The first-order valence-corrected chi connectivity index (χ1v) is 8.97. The summed E-state index contributed by atoms with van der Waals surface area (Å²) in [5.41, 5.74) is 2.76. The molecule has 0 N–H and O–H groups in total. The standard InChI is InChI=1S/C21H28N2O.2ClH/c1-2-22(15-19-9-5-3-6-10-19)17-21-18-23(13-14-24-21)16-20-11-7-4-8-12-20;;/h3-12,21H,2,13-18H2,1H3;2*1H. The molecule has 1 saturated heterocycles. The van der Waals surface area contributed by atoms with Crippen molar-refractivity contribution in [2.75, 3.05) is 32.8 Å². The van der Waals surface area contributed by atoms with E-state index in [0.29, 0.717) is 6.10 Å². The van der Waals surface area contributed by atoms with Gasteiger partial charge in [-0.2, -0.15) is 0 Å². The van der Waals surface area contributed by atoms with Crippen molar-refractivity contribution in [1.82, 2.24) is 9.80 Å². The van der Waals surface area contributed by atoms with Crippen molar-refractivity contribution in [3.05, 3.63) is 71.8 Å². The molecule has 1 atom stereocenters. The number of morpholine rings is 1. The number of benzene rings is 2. The summed E-state index contributed by atoms with van der Waals surface area (Å²) in [4.78, 5) is 4.99. The van der Waals surface area contributed by atoms with Gasteiger partial charge in [0.15, 0.2) is 0 Å². The van der Waals surface area contributed by atoms with Gasteiger partial charge in [0.2, 0.25) is 0 Å². The van der Waals surface area contributed by atoms with Crippen LogP contribution in [-0.4, -0.2) is 48.7 Å². The fraction of sp³-hybridized carbons (Fsp3) is 0.429. The summed E-state index contributed by atoms with van der Waals surface area (Å²) in [6, 6.07) is 21.4. The van der Waals surface area contributed by atoms with E-state index in [9.17, 15) is 0 Å². The molecule has 0 aromatic heterocycles. The molecule has 0 aliphatic carbocycles. The highest BCUT2D eigenvalue weighted by molar-refractivity contribution is 5.85. The topological polar surface area (TPSA) is 15.7 Å². The first-order chi connectivity index (χ1) is 11.8. The summed E-state index contributed by atoms with van der Waals surface area (Å²) in [5.74, 6) is 0. The van der Waals surface area contributed by atoms with Crippen LogP contribution in [0.3, 0.4) is 0 Å². The Morgan fingerprint density at radius 1 is 0.962 bits per heavy atom. The fourth-order valence-corrected chi connectivity index (χ4v) is 3.31. The number of nitrogens with zero attached hydrogens (tertiary/aromatic N) is 2. The molecule has 1 heterocycles. The van der Waals surface area contributed by atoms with Crippen molar-refractivity contribution in [1.29, 1.82) is 0 Å². The van der Waals surface area contributed by atoms with Gasteiger partial charge in [-0.3, -0.25) is 9.80 Å². The van der Waals surface area contributed by atoms with Crippen LogP contribution in [0.15, 0.2) is 60.7 Å². The lowest BCUT2D eigenvalue weighted by molar-refractivity contribution is -0.0463. The van der Waals surface area contributed by atoms with E-state index >= 15 is 0 Å². The summed E-state index contributed by atoms with van der Waals surface area (Å²) >= 11 is 0. The molecule has 3 rings (SSSR count). The zero-order chi connectivity index (χ0) is 16.6. The molecule has 1 fully saturated rings. The van der Waals surface area contributed by atoms with Gasteiger partial charge in [0.25, 0.3) is 0 Å². The highest BCUT2D eigenvalue weighted by atomic mass is 35.5. The molecule has 0 bridgehead atoms. The highest BCUT2D eigenvalue weighted by Gasteiger charge is 2.22. The summed E-state index contributed by atoms with van der Waals surface area (Å²) < 4.78 is 6.03. The van der Waals surface area contributed by atoms with Gasteiger partial charge in [-0.25, -0.2) is 0 Å². The molecule has 0 radical (unpaired) electrons. The predicted octanol–water partition coefficient (Wildman–Crippen LogP) is 4.25. The van der Waals surface area contributed by atoms with Crippen LogP contribution < -0.4 is 0 Å². The summed E-state index contributed by atoms with van der Waals surface area (Å²) in [7, 11) is 0. The van der Waals surface area contributed by atoms with E-state index in [1.807, 2.05) is 0 Å². The Bertz CT molecular complexity index is 597. The van der Waals surface area contributed by atoms with Crippen LogP contribution in [0.5, 0.6) is 0 Å². The van der Waals surface area contributed by atoms with Crippen molar-refractivity contribution in [2.24, 2.45) is 0 Å². The molecule has 1 unspecified atom stereocenters. The third-order valence-corrected chi connectivity index (χ3v) is 4.63. The minimum atomic E-state index is 0. The van der Waals surface area contributed by atoms with Crippen LogP contribution in [-0.2, 0) is 17.8 Å². The molecule has 0 amide bonds. The lowest BCUT2D eigenvalue weighted by Gasteiger charge is -2.35. The summed E-state index contributed by atoms with van der Waals surface area (Å²) in [6.45, 7) is 9.16. The fourth-order valence-electron chi connectivity index (χ4n) is 3.31. The maximum atomic E-state index is 6.03. The van der Waals surface area contributed by atoms with Gasteiger partial charge in [-0.05, 0) is 17.7 Å². The Kier molecular flexibility index (Phi) is 10.9. The molecule has 1 aliphatic rings. The van der Waals surface area contributed by atoms with E-state index in [1.165, 1.54) is 11.1 Å². The zero-order valence-corrected chi connectivity index (χ0v) is 17.1. The van der Waals surface area contributed by atoms with E-state index in [1.54, 1.807) is 0 Å². The van der Waals surface area contributed by atoms with Gasteiger partial charge in [0.05, 0.1) is 12.7 Å². The van der Waals surface area contributed by atoms with Crippen LogP contribution in [0.1, 0.15) is 18.1 Å². The normalized spacial score (nSPS) is 17.4. The van der Waals surface area contributed by atoms with E-state index in [4.69, 9.17) is 4.74 Å². The van der Waals surface area contributed by atoms with Crippen LogP contribution in [0.2, 0.25) is 0 Å². The Morgan fingerprint density at radius 2 is 1.58 bits per heavy atom. The minimum absolute atomic E-state index is 0. The molecule has 144 valence electrons. The molecule has 2 aromatic rings. The second kappa shape index (κ2) is 12.3. The molecule has 0 saturated carbocycles. The number of hydrogen-bond donors (Lipinski definition) is 0. The largest absolute Gasteiger partial charge is 0.374 e. The lowest BCUT2D eigenvalue weighted by atomic mass is 10.1. The van der Waals surface area contributed by atoms with Gasteiger partial charge < -0.3 is 4.74 Å². The molecular weight excluding hydrogens is 367 g/mol. The summed E-state index contributed by atoms with van der Waals surface area (Å²) in [6.07, 6.45) is 0.297. The monoisotopic (exact) mass is 396 g/mol. The van der Waals surface area contributed by atoms with Gasteiger partial charge in [0, 0.05) is 32.7 Å². The van der Waals surface area contributed by atoms with Crippen molar-refractivity contribution in [3.8, 4) is 0 Å². The van der Waals surface area contributed by atoms with Gasteiger partial charge in [-0.15, -0.1) is 24.8 Å². The number of hydrogen-bond acceptors (Lipinski definition) is 3. The minimum Gasteiger partial charge on any atom is -0.374 e. The molecule has 3 nitrogen and oxygen atoms in total. The van der Waals surface area contributed by atoms with Crippen LogP contribution in [0, 0.1) is 0 Å². The lowest BCUT2D eigenvalue weighted by Crippen LogP contribution is -2.47. The Hall–Kier alpha value is -1.10. The molecular formula is C21H30Cl2N2O. The quantitative estimate of drug-likeness (QED) is 0.695. The Labute approximate surface area is 170 Å². The molecule has 26 heavy (non-hydrogen) atoms. The maximum Gasteiger partial charge on any atom is 0.0829 e. The number of rotatable bonds is 7. The average molecular weight is 397 g/mol. The number of halogens is 2. The van der Waals surface area contributed by atoms with Gasteiger partial charge in [0.1, 0.15) is 0 Å². The zero-order valence-electron chi connectivity index (χ0n) is 15.4.